The molecule has 30 heavy (non-hydrogen) atoms. The minimum absolute atomic E-state index is 0.188. The Bertz CT molecular complexity index is 910. The van der Waals surface area contributed by atoms with E-state index in [1.807, 2.05) is 32.4 Å². The van der Waals surface area contributed by atoms with Crippen molar-refractivity contribution in [2.75, 3.05) is 25.5 Å². The minimum Gasteiger partial charge on any atom is -0.465 e. The van der Waals surface area contributed by atoms with Crippen molar-refractivity contribution in [3.8, 4) is 0 Å². The summed E-state index contributed by atoms with van der Waals surface area (Å²) in [6.07, 6.45) is 6.19. The molecule has 0 atom stereocenters. The molecular formula is C21H29N5O4. The van der Waals surface area contributed by atoms with Crippen LogP contribution < -0.4 is 5.32 Å². The molecule has 3 rings (SSSR count). The lowest BCUT2D eigenvalue weighted by atomic mass is 10.1. The smallest absolute Gasteiger partial charge is 0.410 e. The molecule has 0 spiro atoms. The molecule has 9 nitrogen and oxygen atoms in total. The third-order valence-electron chi connectivity index (χ3n) is 5.00. The molecule has 2 aromatic heterocycles. The fourth-order valence-corrected chi connectivity index (χ4v) is 3.46. The summed E-state index contributed by atoms with van der Waals surface area (Å²) in [6, 6.07) is 1.80. The highest BCUT2D eigenvalue weighted by atomic mass is 16.6. The second-order valence-corrected chi connectivity index (χ2v) is 8.32. The zero-order valence-corrected chi connectivity index (χ0v) is 18.1. The second kappa shape index (κ2) is 8.73. The topological polar surface area (TPSA) is 98.6 Å². The Morgan fingerprint density at radius 2 is 1.87 bits per heavy atom. The Hall–Kier alpha value is -3.10. The molecule has 1 saturated heterocycles. The molecule has 1 N–H and O–H groups in total. The van der Waals surface area contributed by atoms with Crippen molar-refractivity contribution >= 4 is 23.4 Å². The summed E-state index contributed by atoms with van der Waals surface area (Å²) < 4.78 is 12.3. The first-order chi connectivity index (χ1) is 14.2. The van der Waals surface area contributed by atoms with E-state index in [0.717, 1.165) is 24.2 Å². The first kappa shape index (κ1) is 21.6. The predicted octanol–water partition coefficient (Wildman–Crippen LogP) is 3.69. The normalized spacial score (nSPS) is 15.0. The van der Waals surface area contributed by atoms with Gasteiger partial charge < -0.3 is 19.7 Å². The van der Waals surface area contributed by atoms with Crippen LogP contribution in [0.5, 0.6) is 0 Å². The number of nitrogens with one attached hydrogen (secondary N) is 1. The van der Waals surface area contributed by atoms with Gasteiger partial charge in [-0.05, 0) is 46.6 Å². The summed E-state index contributed by atoms with van der Waals surface area (Å²) in [6.45, 7) is 8.82. The quantitative estimate of drug-likeness (QED) is 0.760. The van der Waals surface area contributed by atoms with Gasteiger partial charge in [0.25, 0.3) is 0 Å². The van der Waals surface area contributed by atoms with Crippen LogP contribution in [0.3, 0.4) is 0 Å². The fraction of sp³-hybridized carbons (Fsp3) is 0.524. The third kappa shape index (κ3) is 4.90. The number of anilines is 2. The van der Waals surface area contributed by atoms with Crippen molar-refractivity contribution in [1.82, 2.24) is 19.7 Å². The molecule has 0 aromatic carbocycles. The first-order valence-electron chi connectivity index (χ1n) is 10.0. The van der Waals surface area contributed by atoms with Crippen molar-refractivity contribution in [1.29, 1.82) is 0 Å². The Morgan fingerprint density at radius 1 is 1.17 bits per heavy atom. The Labute approximate surface area is 176 Å². The number of ether oxygens (including phenoxy) is 2. The maximum Gasteiger partial charge on any atom is 0.410 e. The van der Waals surface area contributed by atoms with Gasteiger partial charge in [0.2, 0.25) is 0 Å². The molecule has 1 aliphatic heterocycles. The standard InChI is InChI=1S/C21H29N5O4/c1-14-17(24-18-12-22-9-6-16(18)19(27)29-5)13-23-26(14)15-7-10-25(11-8-15)20(28)30-21(2,3)4/h6,9,12-13,15,24H,7-8,10-11H2,1-5H3. The van der Waals surface area contributed by atoms with E-state index in [2.05, 4.69) is 15.4 Å². The molecule has 1 amide bonds. The van der Waals surface area contributed by atoms with Gasteiger partial charge in [-0.1, -0.05) is 0 Å². The number of nitrogens with zero attached hydrogens (tertiary/aromatic N) is 4. The van der Waals surface area contributed by atoms with Gasteiger partial charge in [-0.2, -0.15) is 5.10 Å². The van der Waals surface area contributed by atoms with Crippen LogP contribution in [0.2, 0.25) is 0 Å². The van der Waals surface area contributed by atoms with Gasteiger partial charge in [-0.3, -0.25) is 9.67 Å². The highest BCUT2D eigenvalue weighted by molar-refractivity contribution is 5.96. The van der Waals surface area contributed by atoms with Crippen LogP contribution in [-0.4, -0.2) is 57.5 Å². The summed E-state index contributed by atoms with van der Waals surface area (Å²) in [4.78, 5) is 30.1. The Morgan fingerprint density at radius 3 is 2.50 bits per heavy atom. The molecule has 9 heteroatoms. The number of carbonyl (C=O) groups is 2. The summed E-state index contributed by atoms with van der Waals surface area (Å²) in [5.74, 6) is -0.431. The van der Waals surface area contributed by atoms with Crippen molar-refractivity contribution in [3.05, 3.63) is 35.9 Å². The van der Waals surface area contributed by atoms with Gasteiger partial charge in [0.05, 0.1) is 48.2 Å². The van der Waals surface area contributed by atoms with E-state index in [0.29, 0.717) is 24.3 Å². The minimum atomic E-state index is -0.498. The zero-order chi connectivity index (χ0) is 21.9. The number of methoxy groups -OCH3 is 1. The van der Waals surface area contributed by atoms with Gasteiger partial charge in [-0.25, -0.2) is 9.59 Å². The monoisotopic (exact) mass is 415 g/mol. The molecule has 0 saturated carbocycles. The summed E-state index contributed by atoms with van der Waals surface area (Å²) in [5, 5.41) is 7.78. The van der Waals surface area contributed by atoms with Crippen molar-refractivity contribution in [2.24, 2.45) is 0 Å². The van der Waals surface area contributed by atoms with Crippen molar-refractivity contribution in [3.63, 3.8) is 0 Å². The summed E-state index contributed by atoms with van der Waals surface area (Å²) in [7, 11) is 1.35. The largest absolute Gasteiger partial charge is 0.465 e. The van der Waals surface area contributed by atoms with Gasteiger partial charge in [0.1, 0.15) is 5.60 Å². The van der Waals surface area contributed by atoms with Gasteiger partial charge in [0.15, 0.2) is 0 Å². The summed E-state index contributed by atoms with van der Waals surface area (Å²) in [5.41, 5.74) is 2.22. The van der Waals surface area contributed by atoms with Gasteiger partial charge in [0, 0.05) is 19.3 Å². The number of hydrogen-bond acceptors (Lipinski definition) is 7. The molecular weight excluding hydrogens is 386 g/mol. The number of likely N-dealkylation sites (tertiary alicyclic amines) is 1. The van der Waals surface area contributed by atoms with Crippen LogP contribution in [0, 0.1) is 6.92 Å². The average molecular weight is 415 g/mol. The zero-order valence-electron chi connectivity index (χ0n) is 18.1. The highest BCUT2D eigenvalue weighted by Gasteiger charge is 2.28. The van der Waals surface area contributed by atoms with Crippen LogP contribution in [0.4, 0.5) is 16.2 Å². The third-order valence-corrected chi connectivity index (χ3v) is 5.00. The lowest BCUT2D eigenvalue weighted by molar-refractivity contribution is 0.0184. The molecule has 0 radical (unpaired) electrons. The van der Waals surface area contributed by atoms with Crippen molar-refractivity contribution < 1.29 is 19.1 Å². The molecule has 2 aromatic rings. The molecule has 0 bridgehead atoms. The first-order valence-corrected chi connectivity index (χ1v) is 10.0. The molecule has 1 aliphatic rings. The number of amides is 1. The number of carbonyl (C=O) groups excluding carboxylic acids is 2. The second-order valence-electron chi connectivity index (χ2n) is 8.32. The van der Waals surface area contributed by atoms with Gasteiger partial charge >= 0.3 is 12.1 Å². The van der Waals surface area contributed by atoms with Crippen LogP contribution in [0.25, 0.3) is 0 Å². The summed E-state index contributed by atoms with van der Waals surface area (Å²) >= 11 is 0. The molecule has 162 valence electrons. The van der Waals surface area contributed by atoms with Gasteiger partial charge in [-0.15, -0.1) is 0 Å². The number of esters is 1. The predicted molar refractivity (Wildman–Crippen MR) is 112 cm³/mol. The molecule has 3 heterocycles. The maximum absolute atomic E-state index is 12.3. The van der Waals surface area contributed by atoms with E-state index in [4.69, 9.17) is 9.47 Å². The number of piperidine rings is 1. The highest BCUT2D eigenvalue weighted by Crippen LogP contribution is 2.29. The average Bonchev–Trinajstić information content (AvgIpc) is 3.07. The lowest BCUT2D eigenvalue weighted by Crippen LogP contribution is -2.42. The van der Waals surface area contributed by atoms with E-state index < -0.39 is 11.6 Å². The van der Waals surface area contributed by atoms with E-state index in [1.54, 1.807) is 29.6 Å². The lowest BCUT2D eigenvalue weighted by Gasteiger charge is -2.33. The fourth-order valence-electron chi connectivity index (χ4n) is 3.46. The number of aromatic nitrogens is 3. The number of hydrogen-bond donors (Lipinski definition) is 1. The van der Waals surface area contributed by atoms with Crippen LogP contribution >= 0.6 is 0 Å². The van der Waals surface area contributed by atoms with Crippen molar-refractivity contribution in [2.45, 2.75) is 52.2 Å². The molecule has 1 fully saturated rings. The Balaban J connectivity index is 1.67. The van der Waals surface area contributed by atoms with Crippen LogP contribution in [-0.2, 0) is 9.47 Å². The number of pyridine rings is 1. The SMILES string of the molecule is COC(=O)c1ccncc1Nc1cnn(C2CCN(C(=O)OC(C)(C)C)CC2)c1C. The maximum atomic E-state index is 12.3. The Kier molecular flexibility index (Phi) is 6.28. The van der Waals surface area contributed by atoms with Crippen LogP contribution in [0.1, 0.15) is 55.7 Å². The molecule has 0 aliphatic carbocycles. The molecule has 0 unspecified atom stereocenters. The van der Waals surface area contributed by atoms with E-state index in [1.165, 1.54) is 7.11 Å². The number of rotatable bonds is 4. The van der Waals surface area contributed by atoms with E-state index in [9.17, 15) is 9.59 Å². The van der Waals surface area contributed by atoms with E-state index in [-0.39, 0.29) is 12.1 Å². The van der Waals surface area contributed by atoms with E-state index >= 15 is 0 Å². The van der Waals surface area contributed by atoms with Crippen LogP contribution in [0.15, 0.2) is 24.7 Å².